The van der Waals surface area contributed by atoms with Gasteiger partial charge in [-0.3, -0.25) is 4.79 Å². The quantitative estimate of drug-likeness (QED) is 0.608. The third-order valence-corrected chi connectivity index (χ3v) is 2.09. The van der Waals surface area contributed by atoms with Crippen molar-refractivity contribution < 1.29 is 9.53 Å². The van der Waals surface area contributed by atoms with Crippen molar-refractivity contribution in [3.05, 3.63) is 23.8 Å². The first-order chi connectivity index (χ1) is 7.58. The Balaban J connectivity index is 3.00. The number of hydrogen-bond donors (Lipinski definition) is 1. The number of benzene rings is 1. The Hall–Kier alpha value is -2.15. The van der Waals surface area contributed by atoms with E-state index in [1.807, 2.05) is 0 Å². The number of methoxy groups -OCH3 is 1. The number of amides is 1. The predicted octanol–water partition coefficient (Wildman–Crippen LogP) is 0.983. The van der Waals surface area contributed by atoms with Gasteiger partial charge in [-0.05, 0) is 12.1 Å². The maximum atomic E-state index is 11.9. The molecule has 0 aromatic heterocycles. The zero-order valence-electron chi connectivity index (χ0n) is 9.36. The van der Waals surface area contributed by atoms with Crippen LogP contribution in [-0.4, -0.2) is 31.5 Å². The van der Waals surface area contributed by atoms with Crippen LogP contribution in [0.15, 0.2) is 18.2 Å². The molecule has 0 aliphatic heterocycles. The van der Waals surface area contributed by atoms with Gasteiger partial charge in [-0.15, -0.1) is 6.42 Å². The Morgan fingerprint density at radius 3 is 2.81 bits per heavy atom. The molecule has 0 saturated carbocycles. The van der Waals surface area contributed by atoms with Crippen molar-refractivity contribution in [1.29, 1.82) is 0 Å². The van der Waals surface area contributed by atoms with Gasteiger partial charge in [-0.2, -0.15) is 0 Å². The van der Waals surface area contributed by atoms with Gasteiger partial charge in [0.1, 0.15) is 5.75 Å². The second-order valence-electron chi connectivity index (χ2n) is 3.36. The van der Waals surface area contributed by atoms with Crippen LogP contribution in [0.2, 0.25) is 0 Å². The minimum atomic E-state index is -0.177. The van der Waals surface area contributed by atoms with Crippen molar-refractivity contribution in [1.82, 2.24) is 4.90 Å². The Morgan fingerprint density at radius 2 is 2.25 bits per heavy atom. The molecule has 2 N–H and O–H groups in total. The summed E-state index contributed by atoms with van der Waals surface area (Å²) in [6, 6.07) is 4.88. The number of hydrogen-bond acceptors (Lipinski definition) is 3. The Morgan fingerprint density at radius 1 is 1.56 bits per heavy atom. The molecule has 84 valence electrons. The lowest BCUT2D eigenvalue weighted by atomic mass is 10.1. The Kier molecular flexibility index (Phi) is 3.78. The maximum absolute atomic E-state index is 11.9. The zero-order valence-corrected chi connectivity index (χ0v) is 9.36. The fourth-order valence-corrected chi connectivity index (χ4v) is 1.29. The molecule has 4 heteroatoms. The van der Waals surface area contributed by atoms with E-state index in [0.29, 0.717) is 17.0 Å². The molecule has 16 heavy (non-hydrogen) atoms. The first kappa shape index (κ1) is 11.9. The molecule has 1 amide bonds. The average molecular weight is 218 g/mol. The van der Waals surface area contributed by atoms with E-state index in [0.717, 1.165) is 0 Å². The molecule has 0 atom stereocenters. The van der Waals surface area contributed by atoms with Crippen LogP contribution in [-0.2, 0) is 0 Å². The van der Waals surface area contributed by atoms with Crippen LogP contribution in [0.5, 0.6) is 5.75 Å². The molecule has 1 rings (SSSR count). The third-order valence-electron chi connectivity index (χ3n) is 2.09. The van der Waals surface area contributed by atoms with Crippen LogP contribution >= 0.6 is 0 Å². The molecule has 0 heterocycles. The SMILES string of the molecule is C#CCN(C)C(=O)c1cc(N)cc(OC)c1. The highest BCUT2D eigenvalue weighted by Gasteiger charge is 2.12. The Labute approximate surface area is 95.0 Å². The van der Waals surface area contributed by atoms with Crippen LogP contribution in [0.4, 0.5) is 5.69 Å². The topological polar surface area (TPSA) is 55.6 Å². The van der Waals surface area contributed by atoms with Crippen LogP contribution in [0.25, 0.3) is 0 Å². The summed E-state index contributed by atoms with van der Waals surface area (Å²) in [5, 5.41) is 0. The highest BCUT2D eigenvalue weighted by molar-refractivity contribution is 5.95. The van der Waals surface area contributed by atoms with Crippen molar-refractivity contribution in [2.45, 2.75) is 0 Å². The van der Waals surface area contributed by atoms with E-state index < -0.39 is 0 Å². The van der Waals surface area contributed by atoms with Gasteiger partial charge in [-0.1, -0.05) is 5.92 Å². The van der Waals surface area contributed by atoms with Crippen molar-refractivity contribution >= 4 is 11.6 Å². The van der Waals surface area contributed by atoms with Gasteiger partial charge in [0.05, 0.1) is 13.7 Å². The van der Waals surface area contributed by atoms with Crippen molar-refractivity contribution in [3.63, 3.8) is 0 Å². The zero-order chi connectivity index (χ0) is 12.1. The van der Waals surface area contributed by atoms with E-state index in [1.54, 1.807) is 25.2 Å². The van der Waals surface area contributed by atoms with Crippen LogP contribution in [0, 0.1) is 12.3 Å². The molecule has 1 aromatic carbocycles. The lowest BCUT2D eigenvalue weighted by Crippen LogP contribution is -2.27. The number of nitrogen functional groups attached to an aromatic ring is 1. The van der Waals surface area contributed by atoms with Crippen molar-refractivity contribution in [2.24, 2.45) is 0 Å². The summed E-state index contributed by atoms with van der Waals surface area (Å²) in [6.45, 7) is 0.260. The molecule has 0 aliphatic carbocycles. The predicted molar refractivity (Wildman–Crippen MR) is 63.2 cm³/mol. The minimum absolute atomic E-state index is 0.177. The summed E-state index contributed by atoms with van der Waals surface area (Å²) in [6.07, 6.45) is 5.14. The van der Waals surface area contributed by atoms with Crippen LogP contribution < -0.4 is 10.5 Å². The van der Waals surface area contributed by atoms with E-state index in [4.69, 9.17) is 16.9 Å². The second-order valence-corrected chi connectivity index (χ2v) is 3.36. The van der Waals surface area contributed by atoms with Gasteiger partial charge in [-0.25, -0.2) is 0 Å². The van der Waals surface area contributed by atoms with E-state index in [1.165, 1.54) is 12.0 Å². The number of anilines is 1. The first-order valence-electron chi connectivity index (χ1n) is 4.72. The van der Waals surface area contributed by atoms with Gasteiger partial charge in [0, 0.05) is 24.4 Å². The van der Waals surface area contributed by atoms with Crippen molar-refractivity contribution in [3.8, 4) is 18.1 Å². The van der Waals surface area contributed by atoms with Gasteiger partial charge < -0.3 is 15.4 Å². The van der Waals surface area contributed by atoms with Gasteiger partial charge in [0.2, 0.25) is 0 Å². The smallest absolute Gasteiger partial charge is 0.254 e. The monoisotopic (exact) mass is 218 g/mol. The summed E-state index contributed by atoms with van der Waals surface area (Å²) in [5.74, 6) is 2.78. The normalized spacial score (nSPS) is 9.31. The number of nitrogens with zero attached hydrogens (tertiary/aromatic N) is 1. The molecule has 0 spiro atoms. The number of ether oxygens (including phenoxy) is 1. The second kappa shape index (κ2) is 5.08. The molecule has 4 nitrogen and oxygen atoms in total. The van der Waals surface area contributed by atoms with Gasteiger partial charge in [0.25, 0.3) is 5.91 Å². The fourth-order valence-electron chi connectivity index (χ4n) is 1.29. The highest BCUT2D eigenvalue weighted by Crippen LogP contribution is 2.19. The number of carbonyl (C=O) groups excluding carboxylic acids is 1. The third kappa shape index (κ3) is 2.67. The Bertz CT molecular complexity index is 435. The number of carbonyl (C=O) groups is 1. The van der Waals surface area contributed by atoms with Gasteiger partial charge >= 0.3 is 0 Å². The largest absolute Gasteiger partial charge is 0.497 e. The summed E-state index contributed by atoms with van der Waals surface area (Å²) < 4.78 is 5.03. The van der Waals surface area contributed by atoms with Gasteiger partial charge in [0.15, 0.2) is 0 Å². The van der Waals surface area contributed by atoms with Crippen LogP contribution in [0.1, 0.15) is 10.4 Å². The number of nitrogens with two attached hydrogens (primary N) is 1. The molecule has 0 unspecified atom stereocenters. The van der Waals surface area contributed by atoms with Crippen LogP contribution in [0.3, 0.4) is 0 Å². The molecule has 0 radical (unpaired) electrons. The fraction of sp³-hybridized carbons (Fsp3) is 0.250. The molecular formula is C12H14N2O2. The molecule has 1 aromatic rings. The van der Waals surface area contributed by atoms with E-state index in [2.05, 4.69) is 5.92 Å². The molecule has 0 fully saturated rings. The lowest BCUT2D eigenvalue weighted by molar-refractivity contribution is 0.0812. The average Bonchev–Trinajstić information content (AvgIpc) is 2.27. The summed E-state index contributed by atoms with van der Waals surface area (Å²) in [5.41, 5.74) is 6.61. The first-order valence-corrected chi connectivity index (χ1v) is 4.72. The number of rotatable bonds is 3. The maximum Gasteiger partial charge on any atom is 0.254 e. The molecule has 0 bridgehead atoms. The standard InChI is InChI=1S/C12H14N2O2/c1-4-5-14(2)12(15)9-6-10(13)8-11(7-9)16-3/h1,6-8H,5,13H2,2-3H3. The number of terminal acetylenes is 1. The summed E-state index contributed by atoms with van der Waals surface area (Å²) in [7, 11) is 3.16. The van der Waals surface area contributed by atoms with E-state index >= 15 is 0 Å². The summed E-state index contributed by atoms with van der Waals surface area (Å²) >= 11 is 0. The van der Waals surface area contributed by atoms with E-state index in [-0.39, 0.29) is 12.5 Å². The lowest BCUT2D eigenvalue weighted by Gasteiger charge is -2.14. The molecular weight excluding hydrogens is 204 g/mol. The van der Waals surface area contributed by atoms with E-state index in [9.17, 15) is 4.79 Å². The molecule has 0 aliphatic rings. The summed E-state index contributed by atoms with van der Waals surface area (Å²) in [4.78, 5) is 13.3. The molecule has 0 saturated heterocycles. The minimum Gasteiger partial charge on any atom is -0.497 e. The van der Waals surface area contributed by atoms with Crippen molar-refractivity contribution in [2.75, 3.05) is 26.4 Å². The highest BCUT2D eigenvalue weighted by atomic mass is 16.5.